The van der Waals surface area contributed by atoms with Gasteiger partial charge in [0.15, 0.2) is 0 Å². The summed E-state index contributed by atoms with van der Waals surface area (Å²) in [5, 5.41) is 3.77. The van der Waals surface area contributed by atoms with E-state index in [1.165, 1.54) is 12.0 Å². The van der Waals surface area contributed by atoms with Crippen LogP contribution in [0, 0.1) is 11.8 Å². The average Bonchev–Trinajstić information content (AvgIpc) is 3.16. The number of anilines is 1. The van der Waals surface area contributed by atoms with Crippen molar-refractivity contribution in [2.45, 2.75) is 18.5 Å². The van der Waals surface area contributed by atoms with E-state index in [0.29, 0.717) is 10.7 Å². The Morgan fingerprint density at radius 1 is 1.07 bits per heavy atom. The van der Waals surface area contributed by atoms with Crippen LogP contribution in [0.15, 0.2) is 54.6 Å². The second-order valence-corrected chi connectivity index (χ2v) is 7.65. The Bertz CT molecular complexity index is 947. The number of ether oxygens (including phenoxy) is 1. The second kappa shape index (κ2) is 6.72. The second-order valence-electron chi connectivity index (χ2n) is 7.22. The van der Waals surface area contributed by atoms with Gasteiger partial charge < -0.3 is 4.74 Å². The van der Waals surface area contributed by atoms with Crippen molar-refractivity contribution >= 4 is 35.1 Å². The maximum Gasteiger partial charge on any atom is 0.326 e. The van der Waals surface area contributed by atoms with Crippen LogP contribution in [0.25, 0.3) is 0 Å². The van der Waals surface area contributed by atoms with E-state index in [2.05, 4.69) is 5.32 Å². The fourth-order valence-corrected chi connectivity index (χ4v) is 4.45. The molecular formula is C21H19ClN2O4. The van der Waals surface area contributed by atoms with Gasteiger partial charge in [0.25, 0.3) is 0 Å². The number of benzene rings is 2. The summed E-state index contributed by atoms with van der Waals surface area (Å²) in [5.41, 5.74) is -0.0444. The lowest BCUT2D eigenvalue weighted by Crippen LogP contribution is -2.54. The molecule has 0 aliphatic carbocycles. The van der Waals surface area contributed by atoms with E-state index in [-0.39, 0.29) is 5.91 Å². The molecule has 0 spiro atoms. The first-order chi connectivity index (χ1) is 13.4. The van der Waals surface area contributed by atoms with Crippen LogP contribution >= 0.6 is 11.6 Å². The Morgan fingerprint density at radius 3 is 2.32 bits per heavy atom. The summed E-state index contributed by atoms with van der Waals surface area (Å²) in [6.45, 7) is 1.62. The molecule has 0 unspecified atom stereocenters. The zero-order chi connectivity index (χ0) is 20.1. The summed E-state index contributed by atoms with van der Waals surface area (Å²) in [6, 6.07) is 15.3. The molecule has 2 aliphatic rings. The number of imide groups is 1. The van der Waals surface area contributed by atoms with E-state index in [4.69, 9.17) is 16.3 Å². The van der Waals surface area contributed by atoms with Gasteiger partial charge in [-0.1, -0.05) is 41.9 Å². The number of amides is 2. The molecule has 4 rings (SSSR count). The zero-order valence-corrected chi connectivity index (χ0v) is 16.1. The van der Waals surface area contributed by atoms with Crippen molar-refractivity contribution in [3.05, 3.63) is 65.2 Å². The van der Waals surface area contributed by atoms with Gasteiger partial charge in [0.1, 0.15) is 5.54 Å². The lowest BCUT2D eigenvalue weighted by molar-refractivity contribution is -0.151. The molecule has 4 atom stereocenters. The predicted molar refractivity (Wildman–Crippen MR) is 104 cm³/mol. The molecule has 2 aliphatic heterocycles. The van der Waals surface area contributed by atoms with E-state index >= 15 is 0 Å². The van der Waals surface area contributed by atoms with Crippen molar-refractivity contribution in [2.24, 2.45) is 11.8 Å². The first kappa shape index (κ1) is 18.7. The van der Waals surface area contributed by atoms with Crippen molar-refractivity contribution in [3.63, 3.8) is 0 Å². The zero-order valence-electron chi connectivity index (χ0n) is 15.4. The molecule has 2 saturated heterocycles. The standard InChI is InChI=1S/C21H19ClN2O4/c1-21(20(27)28-2)16-15(17(23-21)12-8-10-13(22)11-9-12)18(25)24(19(16)26)14-6-4-3-5-7-14/h3-11,15-17,23H,1-2H3/t15-,16-,17-,21+/m0/s1. The molecule has 1 N–H and O–H groups in total. The Labute approximate surface area is 167 Å². The Kier molecular flexibility index (Phi) is 4.48. The SMILES string of the molecule is COC(=O)[C@]1(C)N[C@@H](c2ccc(Cl)cc2)[C@H]2C(=O)N(c3ccccc3)C(=O)[C@H]21. The molecule has 2 amide bonds. The quantitative estimate of drug-likeness (QED) is 0.635. The number of methoxy groups -OCH3 is 1. The highest BCUT2D eigenvalue weighted by Gasteiger charge is 2.67. The van der Waals surface area contributed by atoms with Crippen LogP contribution in [-0.2, 0) is 19.1 Å². The number of esters is 1. The minimum atomic E-state index is -1.32. The van der Waals surface area contributed by atoms with Crippen LogP contribution in [0.4, 0.5) is 5.69 Å². The molecule has 0 bridgehead atoms. The highest BCUT2D eigenvalue weighted by atomic mass is 35.5. The number of rotatable bonds is 3. The molecule has 6 nitrogen and oxygen atoms in total. The number of nitrogens with one attached hydrogen (secondary N) is 1. The smallest absolute Gasteiger partial charge is 0.326 e. The van der Waals surface area contributed by atoms with E-state index in [9.17, 15) is 14.4 Å². The van der Waals surface area contributed by atoms with Crippen molar-refractivity contribution in [1.82, 2.24) is 5.32 Å². The number of carbonyl (C=O) groups is 3. The Balaban J connectivity index is 1.82. The lowest BCUT2D eigenvalue weighted by Gasteiger charge is -2.28. The van der Waals surface area contributed by atoms with Crippen LogP contribution < -0.4 is 10.2 Å². The molecule has 7 heteroatoms. The monoisotopic (exact) mass is 398 g/mol. The molecule has 2 fully saturated rings. The maximum absolute atomic E-state index is 13.3. The van der Waals surface area contributed by atoms with Gasteiger partial charge in [0, 0.05) is 11.1 Å². The minimum Gasteiger partial charge on any atom is -0.468 e. The number of fused-ring (bicyclic) bond motifs is 1. The fraction of sp³-hybridized carbons (Fsp3) is 0.286. The maximum atomic E-state index is 13.3. The highest BCUT2D eigenvalue weighted by molar-refractivity contribution is 6.30. The minimum absolute atomic E-state index is 0.332. The van der Waals surface area contributed by atoms with Gasteiger partial charge in [-0.05, 0) is 36.8 Å². The van der Waals surface area contributed by atoms with Crippen LogP contribution in [0.5, 0.6) is 0 Å². The first-order valence-corrected chi connectivity index (χ1v) is 9.30. The average molecular weight is 399 g/mol. The number of nitrogens with zero attached hydrogens (tertiary/aromatic N) is 1. The molecular weight excluding hydrogens is 380 g/mol. The van der Waals surface area contributed by atoms with E-state index < -0.39 is 35.3 Å². The van der Waals surface area contributed by atoms with Gasteiger partial charge in [0.05, 0.1) is 24.6 Å². The number of halogens is 1. The fourth-order valence-electron chi connectivity index (χ4n) is 4.33. The summed E-state index contributed by atoms with van der Waals surface area (Å²) < 4.78 is 4.97. The van der Waals surface area contributed by atoms with Gasteiger partial charge >= 0.3 is 5.97 Å². The molecule has 144 valence electrons. The largest absolute Gasteiger partial charge is 0.468 e. The molecule has 2 aromatic carbocycles. The van der Waals surface area contributed by atoms with Crippen LogP contribution in [-0.4, -0.2) is 30.4 Å². The van der Waals surface area contributed by atoms with Crippen molar-refractivity contribution < 1.29 is 19.1 Å². The third-order valence-corrected chi connectivity index (χ3v) is 5.89. The van der Waals surface area contributed by atoms with Gasteiger partial charge in [-0.2, -0.15) is 0 Å². The predicted octanol–water partition coefficient (Wildman–Crippen LogP) is 2.72. The normalized spacial score (nSPS) is 29.1. The molecule has 0 radical (unpaired) electrons. The number of carbonyl (C=O) groups excluding carboxylic acids is 3. The van der Waals surface area contributed by atoms with Crippen molar-refractivity contribution in [3.8, 4) is 0 Å². The molecule has 2 aromatic rings. The lowest BCUT2D eigenvalue weighted by atomic mass is 9.80. The van der Waals surface area contributed by atoms with E-state index in [1.807, 2.05) is 6.07 Å². The first-order valence-electron chi connectivity index (χ1n) is 8.93. The van der Waals surface area contributed by atoms with Crippen LogP contribution in [0.3, 0.4) is 0 Å². The number of para-hydroxylation sites is 1. The molecule has 0 saturated carbocycles. The molecule has 28 heavy (non-hydrogen) atoms. The van der Waals surface area contributed by atoms with Gasteiger partial charge in [-0.3, -0.25) is 19.7 Å². The topological polar surface area (TPSA) is 75.7 Å². The number of hydrogen-bond acceptors (Lipinski definition) is 5. The van der Waals surface area contributed by atoms with E-state index in [1.54, 1.807) is 55.5 Å². The van der Waals surface area contributed by atoms with E-state index in [0.717, 1.165) is 5.56 Å². The highest BCUT2D eigenvalue weighted by Crippen LogP contribution is 2.49. The molecule has 2 heterocycles. The summed E-state index contributed by atoms with van der Waals surface area (Å²) in [7, 11) is 1.27. The molecule has 0 aromatic heterocycles. The van der Waals surface area contributed by atoms with Gasteiger partial charge in [-0.15, -0.1) is 0 Å². The summed E-state index contributed by atoms with van der Waals surface area (Å²) in [4.78, 5) is 40.4. The third-order valence-electron chi connectivity index (χ3n) is 5.64. The van der Waals surface area contributed by atoms with Gasteiger partial charge in [0.2, 0.25) is 11.8 Å². The Morgan fingerprint density at radius 2 is 1.71 bits per heavy atom. The van der Waals surface area contributed by atoms with Crippen LogP contribution in [0.2, 0.25) is 5.02 Å². The summed E-state index contributed by atoms with van der Waals surface area (Å²) >= 11 is 5.99. The number of hydrogen-bond donors (Lipinski definition) is 1. The third kappa shape index (κ3) is 2.64. The summed E-state index contributed by atoms with van der Waals surface area (Å²) in [6.07, 6.45) is 0. The van der Waals surface area contributed by atoms with Crippen molar-refractivity contribution in [2.75, 3.05) is 12.0 Å². The van der Waals surface area contributed by atoms with Crippen molar-refractivity contribution in [1.29, 1.82) is 0 Å². The summed E-state index contributed by atoms with van der Waals surface area (Å²) in [5.74, 6) is -2.90. The van der Waals surface area contributed by atoms with Gasteiger partial charge in [-0.25, -0.2) is 4.90 Å². The Hall–Kier alpha value is -2.70. The van der Waals surface area contributed by atoms with Crippen LogP contribution in [0.1, 0.15) is 18.5 Å².